The molecular weight excluding hydrogens is 246 g/mol. The maximum Gasteiger partial charge on any atom is 0.0928 e. The van der Waals surface area contributed by atoms with Crippen LogP contribution in [0.2, 0.25) is 0 Å². The van der Waals surface area contributed by atoms with Crippen LogP contribution >= 0.6 is 11.5 Å². The Morgan fingerprint density at radius 2 is 2.28 bits per heavy atom. The minimum atomic E-state index is 0.198. The Kier molecular flexibility index (Phi) is 4.43. The van der Waals surface area contributed by atoms with Crippen LogP contribution in [0.5, 0.6) is 0 Å². The topological polar surface area (TPSA) is 55.6 Å². The molecule has 0 radical (unpaired) electrons. The molecule has 2 heterocycles. The average molecular weight is 265 g/mol. The van der Waals surface area contributed by atoms with Crippen molar-refractivity contribution < 1.29 is 0 Å². The van der Waals surface area contributed by atoms with Crippen molar-refractivity contribution in [2.75, 3.05) is 6.54 Å². The zero-order valence-electron chi connectivity index (χ0n) is 11.0. The van der Waals surface area contributed by atoms with Crippen LogP contribution in [0.3, 0.4) is 0 Å². The first-order chi connectivity index (χ1) is 8.70. The Morgan fingerprint density at radius 3 is 2.83 bits per heavy atom. The fraction of sp³-hybridized carbons (Fsp3) is 0.583. The summed E-state index contributed by atoms with van der Waals surface area (Å²) in [6.07, 6.45) is 2.88. The molecule has 0 saturated carbocycles. The van der Waals surface area contributed by atoms with Crippen LogP contribution in [0.4, 0.5) is 0 Å². The van der Waals surface area contributed by atoms with Crippen LogP contribution in [0.25, 0.3) is 0 Å². The average Bonchev–Trinajstić information content (AvgIpc) is 2.99. The van der Waals surface area contributed by atoms with Gasteiger partial charge < -0.3 is 5.32 Å². The van der Waals surface area contributed by atoms with Crippen LogP contribution in [0, 0.1) is 0 Å². The third-order valence-corrected chi connectivity index (χ3v) is 3.31. The first kappa shape index (κ1) is 13.2. The van der Waals surface area contributed by atoms with Gasteiger partial charge in [-0.15, -0.1) is 5.10 Å². The van der Waals surface area contributed by atoms with Crippen molar-refractivity contribution in [1.29, 1.82) is 0 Å². The zero-order valence-corrected chi connectivity index (χ0v) is 11.8. The lowest BCUT2D eigenvalue weighted by atomic mass is 10.1. The van der Waals surface area contributed by atoms with E-state index < -0.39 is 0 Å². The molecule has 0 fully saturated rings. The van der Waals surface area contributed by atoms with E-state index in [0.717, 1.165) is 24.4 Å². The van der Waals surface area contributed by atoms with E-state index in [-0.39, 0.29) is 6.04 Å². The summed E-state index contributed by atoms with van der Waals surface area (Å²) in [6, 6.07) is 2.67. The van der Waals surface area contributed by atoms with Crippen LogP contribution in [0.15, 0.2) is 17.6 Å². The number of aromatic nitrogens is 4. The molecule has 2 rings (SSSR count). The standard InChI is InChI=1S/C12H19N5S/c1-4-13-11(12-8-18-16-14-12)7-10-5-6-17(15-10)9(2)3/h5-6,8-9,11,13H,4,7H2,1-3H3. The molecule has 0 aliphatic heterocycles. The third kappa shape index (κ3) is 3.14. The van der Waals surface area contributed by atoms with Crippen LogP contribution in [-0.2, 0) is 6.42 Å². The molecule has 0 amide bonds. The van der Waals surface area contributed by atoms with Crippen molar-refractivity contribution in [3.8, 4) is 0 Å². The molecule has 0 spiro atoms. The number of nitrogens with one attached hydrogen (secondary N) is 1. The van der Waals surface area contributed by atoms with E-state index in [2.05, 4.69) is 46.8 Å². The van der Waals surface area contributed by atoms with Gasteiger partial charge in [-0.05, 0) is 38.0 Å². The summed E-state index contributed by atoms with van der Waals surface area (Å²) in [5.74, 6) is 0. The number of likely N-dealkylation sites (N-methyl/N-ethyl adjacent to an activating group) is 1. The largest absolute Gasteiger partial charge is 0.308 e. The molecule has 98 valence electrons. The van der Waals surface area contributed by atoms with Gasteiger partial charge in [0.1, 0.15) is 0 Å². The lowest BCUT2D eigenvalue weighted by molar-refractivity contribution is 0.501. The van der Waals surface area contributed by atoms with Gasteiger partial charge in [0, 0.05) is 24.0 Å². The van der Waals surface area contributed by atoms with E-state index in [9.17, 15) is 0 Å². The molecule has 1 N–H and O–H groups in total. The fourth-order valence-corrected chi connectivity index (χ4v) is 2.34. The van der Waals surface area contributed by atoms with Gasteiger partial charge >= 0.3 is 0 Å². The zero-order chi connectivity index (χ0) is 13.0. The number of hydrogen-bond donors (Lipinski definition) is 1. The Labute approximate surface area is 111 Å². The lowest BCUT2D eigenvalue weighted by Crippen LogP contribution is -2.23. The van der Waals surface area contributed by atoms with E-state index in [1.807, 2.05) is 16.3 Å². The number of rotatable bonds is 6. The normalized spacial score (nSPS) is 13.1. The molecule has 1 unspecified atom stereocenters. The molecule has 18 heavy (non-hydrogen) atoms. The van der Waals surface area contributed by atoms with E-state index in [1.165, 1.54) is 11.5 Å². The second kappa shape index (κ2) is 6.06. The van der Waals surface area contributed by atoms with Gasteiger partial charge in [0.05, 0.1) is 17.4 Å². The monoisotopic (exact) mass is 265 g/mol. The summed E-state index contributed by atoms with van der Waals surface area (Å²) in [5, 5.41) is 14.1. The Balaban J connectivity index is 2.08. The van der Waals surface area contributed by atoms with Gasteiger partial charge in [-0.25, -0.2) is 0 Å². The predicted molar refractivity (Wildman–Crippen MR) is 72.6 cm³/mol. The van der Waals surface area contributed by atoms with Crippen molar-refractivity contribution in [3.63, 3.8) is 0 Å². The third-order valence-electron chi connectivity index (χ3n) is 2.79. The molecule has 0 bridgehead atoms. The molecule has 0 aromatic carbocycles. The van der Waals surface area contributed by atoms with E-state index >= 15 is 0 Å². The highest BCUT2D eigenvalue weighted by atomic mass is 32.1. The molecule has 2 aromatic heterocycles. The first-order valence-electron chi connectivity index (χ1n) is 6.25. The molecule has 6 heteroatoms. The Bertz CT molecular complexity index is 463. The second-order valence-corrected chi connectivity index (χ2v) is 5.13. The highest BCUT2D eigenvalue weighted by molar-refractivity contribution is 7.03. The van der Waals surface area contributed by atoms with Crippen molar-refractivity contribution >= 4 is 11.5 Å². The molecule has 0 aliphatic rings. The summed E-state index contributed by atoms with van der Waals surface area (Å²) >= 11 is 1.39. The van der Waals surface area contributed by atoms with Gasteiger partial charge in [0.15, 0.2) is 0 Å². The SMILES string of the molecule is CCNC(Cc1ccn(C(C)C)n1)c1csnn1. The van der Waals surface area contributed by atoms with Crippen molar-refractivity contribution in [2.45, 2.75) is 39.3 Å². The Morgan fingerprint density at radius 1 is 1.44 bits per heavy atom. The molecule has 5 nitrogen and oxygen atoms in total. The molecular formula is C12H19N5S. The van der Waals surface area contributed by atoms with E-state index in [4.69, 9.17) is 0 Å². The highest BCUT2D eigenvalue weighted by Gasteiger charge is 2.15. The summed E-state index contributed by atoms with van der Waals surface area (Å²) in [5.41, 5.74) is 2.09. The lowest BCUT2D eigenvalue weighted by Gasteiger charge is -2.13. The Hall–Kier alpha value is -1.27. The second-order valence-electron chi connectivity index (χ2n) is 4.52. The maximum absolute atomic E-state index is 4.57. The van der Waals surface area contributed by atoms with Crippen LogP contribution in [0.1, 0.15) is 44.2 Å². The maximum atomic E-state index is 4.57. The van der Waals surface area contributed by atoms with Gasteiger partial charge in [0.2, 0.25) is 0 Å². The molecule has 2 aromatic rings. The minimum absolute atomic E-state index is 0.198. The van der Waals surface area contributed by atoms with Crippen LogP contribution < -0.4 is 5.32 Å². The summed E-state index contributed by atoms with van der Waals surface area (Å²) < 4.78 is 5.91. The highest BCUT2D eigenvalue weighted by Crippen LogP contribution is 2.17. The van der Waals surface area contributed by atoms with Gasteiger partial charge in [-0.1, -0.05) is 11.4 Å². The predicted octanol–water partition coefficient (Wildman–Crippen LogP) is 2.21. The molecule has 0 aliphatic carbocycles. The summed E-state index contributed by atoms with van der Waals surface area (Å²) in [7, 11) is 0. The van der Waals surface area contributed by atoms with Crippen LogP contribution in [-0.4, -0.2) is 25.9 Å². The van der Waals surface area contributed by atoms with Gasteiger partial charge in [-0.2, -0.15) is 5.10 Å². The summed E-state index contributed by atoms with van der Waals surface area (Å²) in [4.78, 5) is 0. The number of hydrogen-bond acceptors (Lipinski definition) is 5. The quantitative estimate of drug-likeness (QED) is 0.870. The van der Waals surface area contributed by atoms with Gasteiger partial charge in [-0.3, -0.25) is 4.68 Å². The van der Waals surface area contributed by atoms with Gasteiger partial charge in [0.25, 0.3) is 0 Å². The minimum Gasteiger partial charge on any atom is -0.308 e. The van der Waals surface area contributed by atoms with Crippen molar-refractivity contribution in [3.05, 3.63) is 29.0 Å². The first-order valence-corrected chi connectivity index (χ1v) is 7.08. The van der Waals surface area contributed by atoms with Crippen molar-refractivity contribution in [1.82, 2.24) is 24.7 Å². The fourth-order valence-electron chi connectivity index (χ4n) is 1.83. The molecule has 0 saturated heterocycles. The smallest absolute Gasteiger partial charge is 0.0928 e. The number of nitrogens with zero attached hydrogens (tertiary/aromatic N) is 4. The van der Waals surface area contributed by atoms with E-state index in [0.29, 0.717) is 6.04 Å². The van der Waals surface area contributed by atoms with E-state index in [1.54, 1.807) is 0 Å². The summed E-state index contributed by atoms with van der Waals surface area (Å²) in [6.45, 7) is 7.26. The van der Waals surface area contributed by atoms with Crippen molar-refractivity contribution in [2.24, 2.45) is 0 Å². The molecule has 1 atom stereocenters.